The second-order valence-corrected chi connectivity index (χ2v) is 12.1. The van der Waals surface area contributed by atoms with Gasteiger partial charge >= 0.3 is 6.18 Å². The third kappa shape index (κ3) is 6.62. The molecule has 0 aliphatic rings. The first-order valence-electron chi connectivity index (χ1n) is 10.4. The summed E-state index contributed by atoms with van der Waals surface area (Å²) in [5, 5.41) is 1.50. The molecule has 0 amide bonds. The summed E-state index contributed by atoms with van der Waals surface area (Å²) in [6, 6.07) is 18.4. The Morgan fingerprint density at radius 2 is 1.53 bits per heavy atom. The topological polar surface area (TPSA) is 46.2 Å². The van der Waals surface area contributed by atoms with Crippen molar-refractivity contribution in [1.29, 1.82) is 0 Å². The average molecular weight is 591 g/mol. The lowest BCUT2D eigenvalue weighted by Gasteiger charge is -2.09. The Morgan fingerprint density at radius 3 is 2.19 bits per heavy atom. The van der Waals surface area contributed by atoms with Gasteiger partial charge in [0.1, 0.15) is 0 Å². The van der Waals surface area contributed by atoms with Crippen LogP contribution in [-0.4, -0.2) is 8.42 Å². The molecule has 0 fully saturated rings. The molecule has 1 aromatic heterocycles. The molecule has 11 heteroatoms. The van der Waals surface area contributed by atoms with E-state index in [2.05, 4.69) is 4.72 Å². The van der Waals surface area contributed by atoms with E-state index in [1.54, 1.807) is 30.3 Å². The maximum atomic E-state index is 13.0. The van der Waals surface area contributed by atoms with Crippen LogP contribution < -0.4 is 4.72 Å². The second-order valence-electron chi connectivity index (χ2n) is 7.86. The molecule has 0 saturated heterocycles. The van der Waals surface area contributed by atoms with Crippen molar-refractivity contribution in [2.24, 2.45) is 0 Å². The summed E-state index contributed by atoms with van der Waals surface area (Å²) in [6.45, 7) is -0.0439. The molecule has 0 aliphatic carbocycles. The molecule has 1 N–H and O–H groups in total. The SMILES string of the molecule is O=S(=O)(Cc1cccc(C(F)(F)F)c1)NCc1cc(-c2ccc(Cl)cc2)c(-c2ccc(Cl)cc2Cl)s1. The quantitative estimate of drug-likeness (QED) is 0.234. The summed E-state index contributed by atoms with van der Waals surface area (Å²) in [6.07, 6.45) is -4.55. The fourth-order valence-corrected chi connectivity index (χ4v) is 6.57. The van der Waals surface area contributed by atoms with Gasteiger partial charge in [-0.3, -0.25) is 0 Å². The van der Waals surface area contributed by atoms with Crippen molar-refractivity contribution < 1.29 is 21.6 Å². The van der Waals surface area contributed by atoms with Crippen LogP contribution in [0.1, 0.15) is 16.0 Å². The van der Waals surface area contributed by atoms with E-state index < -0.39 is 27.5 Å². The summed E-state index contributed by atoms with van der Waals surface area (Å²) in [5.74, 6) is -0.581. The maximum absolute atomic E-state index is 13.0. The van der Waals surface area contributed by atoms with Crippen molar-refractivity contribution in [3.63, 3.8) is 0 Å². The maximum Gasteiger partial charge on any atom is 0.416 e. The number of hydrogen-bond donors (Lipinski definition) is 1. The van der Waals surface area contributed by atoms with Crippen LogP contribution in [0, 0.1) is 0 Å². The van der Waals surface area contributed by atoms with Crippen LogP contribution in [0.5, 0.6) is 0 Å². The summed E-state index contributed by atoms with van der Waals surface area (Å²) in [5.41, 5.74) is 1.56. The highest BCUT2D eigenvalue weighted by Crippen LogP contribution is 2.43. The monoisotopic (exact) mass is 589 g/mol. The molecule has 0 atom stereocenters. The predicted octanol–water partition coefficient (Wildman–Crippen LogP) is 8.68. The van der Waals surface area contributed by atoms with Gasteiger partial charge in [0, 0.05) is 37.5 Å². The van der Waals surface area contributed by atoms with E-state index in [0.717, 1.165) is 33.7 Å². The number of sulfonamides is 1. The molecular formula is C25H17Cl3F3NO2S2. The van der Waals surface area contributed by atoms with Gasteiger partial charge < -0.3 is 0 Å². The number of hydrogen-bond acceptors (Lipinski definition) is 3. The minimum Gasteiger partial charge on any atom is -0.212 e. The van der Waals surface area contributed by atoms with Gasteiger partial charge in [0.15, 0.2) is 0 Å². The number of rotatable bonds is 7. The molecule has 1 heterocycles. The van der Waals surface area contributed by atoms with Crippen molar-refractivity contribution in [3.05, 3.63) is 104 Å². The van der Waals surface area contributed by atoms with Crippen molar-refractivity contribution in [2.75, 3.05) is 0 Å². The third-order valence-electron chi connectivity index (χ3n) is 5.19. The second kappa shape index (κ2) is 10.7. The Balaban J connectivity index is 1.61. The highest BCUT2D eigenvalue weighted by molar-refractivity contribution is 7.88. The van der Waals surface area contributed by atoms with Crippen LogP contribution in [0.3, 0.4) is 0 Å². The van der Waals surface area contributed by atoms with Crippen molar-refractivity contribution >= 4 is 56.2 Å². The molecule has 4 aromatic rings. The lowest BCUT2D eigenvalue weighted by molar-refractivity contribution is -0.137. The number of benzene rings is 3. The van der Waals surface area contributed by atoms with E-state index in [-0.39, 0.29) is 12.1 Å². The molecule has 36 heavy (non-hydrogen) atoms. The minimum atomic E-state index is -4.55. The van der Waals surface area contributed by atoms with Gasteiger partial charge in [-0.25, -0.2) is 13.1 Å². The van der Waals surface area contributed by atoms with Gasteiger partial charge in [0.05, 0.1) is 16.3 Å². The first-order chi connectivity index (χ1) is 16.9. The Hall–Kier alpha value is -2.07. The van der Waals surface area contributed by atoms with Gasteiger partial charge in [0.25, 0.3) is 0 Å². The Morgan fingerprint density at radius 1 is 0.833 bits per heavy atom. The predicted molar refractivity (Wildman–Crippen MR) is 141 cm³/mol. The lowest BCUT2D eigenvalue weighted by atomic mass is 10.0. The normalized spacial score (nSPS) is 12.2. The van der Waals surface area contributed by atoms with Gasteiger partial charge in [-0.1, -0.05) is 71.2 Å². The molecule has 3 aromatic carbocycles. The van der Waals surface area contributed by atoms with E-state index in [1.165, 1.54) is 23.5 Å². The summed E-state index contributed by atoms with van der Waals surface area (Å²) < 4.78 is 66.7. The Labute approximate surface area is 225 Å². The minimum absolute atomic E-state index is 0.0407. The van der Waals surface area contributed by atoms with E-state index in [9.17, 15) is 21.6 Å². The van der Waals surface area contributed by atoms with E-state index in [1.807, 2.05) is 18.2 Å². The van der Waals surface area contributed by atoms with Crippen LogP contribution in [0.15, 0.2) is 72.8 Å². The Bertz CT molecular complexity index is 1500. The van der Waals surface area contributed by atoms with Crippen LogP contribution in [0.25, 0.3) is 21.6 Å². The fraction of sp³-hybridized carbons (Fsp3) is 0.120. The van der Waals surface area contributed by atoms with Gasteiger partial charge in [-0.2, -0.15) is 13.2 Å². The van der Waals surface area contributed by atoms with Crippen molar-refractivity contribution in [3.8, 4) is 21.6 Å². The molecule has 0 unspecified atom stereocenters. The molecule has 0 saturated carbocycles. The zero-order valence-corrected chi connectivity index (χ0v) is 22.1. The number of alkyl halides is 3. The first-order valence-corrected chi connectivity index (χ1v) is 14.0. The van der Waals surface area contributed by atoms with Crippen LogP contribution in [0.4, 0.5) is 13.2 Å². The molecule has 0 aliphatic heterocycles. The van der Waals surface area contributed by atoms with E-state index >= 15 is 0 Å². The van der Waals surface area contributed by atoms with Gasteiger partial charge in [-0.05, 0) is 47.5 Å². The smallest absolute Gasteiger partial charge is 0.212 e. The highest BCUT2D eigenvalue weighted by atomic mass is 35.5. The van der Waals surface area contributed by atoms with Gasteiger partial charge in [-0.15, -0.1) is 11.3 Å². The standard InChI is InChI=1S/C25H17Cl3F3NO2S2/c26-18-6-4-16(5-7-18)22-12-20(35-24(22)21-9-8-19(27)11-23(21)28)13-32-36(33,34)14-15-2-1-3-17(10-15)25(29,30)31/h1-12,32H,13-14H2. The Kier molecular flexibility index (Phi) is 8.04. The average Bonchev–Trinajstić information content (AvgIpc) is 3.22. The summed E-state index contributed by atoms with van der Waals surface area (Å²) >= 11 is 19.9. The third-order valence-corrected chi connectivity index (χ3v) is 8.46. The summed E-state index contributed by atoms with van der Waals surface area (Å²) in [4.78, 5) is 1.50. The zero-order chi connectivity index (χ0) is 26.1. The largest absolute Gasteiger partial charge is 0.416 e. The van der Waals surface area contributed by atoms with E-state index in [0.29, 0.717) is 19.9 Å². The van der Waals surface area contributed by atoms with Crippen LogP contribution in [-0.2, 0) is 28.5 Å². The van der Waals surface area contributed by atoms with Crippen molar-refractivity contribution in [2.45, 2.75) is 18.5 Å². The highest BCUT2D eigenvalue weighted by Gasteiger charge is 2.30. The lowest BCUT2D eigenvalue weighted by Crippen LogP contribution is -2.24. The molecular weight excluding hydrogens is 574 g/mol. The molecule has 4 rings (SSSR count). The van der Waals surface area contributed by atoms with Crippen LogP contribution in [0.2, 0.25) is 15.1 Å². The molecule has 0 spiro atoms. The molecule has 0 bridgehead atoms. The molecule has 0 radical (unpaired) electrons. The van der Waals surface area contributed by atoms with Crippen molar-refractivity contribution in [1.82, 2.24) is 4.72 Å². The number of thiophene rings is 1. The molecule has 3 nitrogen and oxygen atoms in total. The molecule has 188 valence electrons. The first kappa shape index (κ1) is 27.0. The van der Waals surface area contributed by atoms with E-state index in [4.69, 9.17) is 34.8 Å². The van der Waals surface area contributed by atoms with Gasteiger partial charge in [0.2, 0.25) is 10.0 Å². The number of halogens is 6. The summed E-state index contributed by atoms with van der Waals surface area (Å²) in [7, 11) is -3.92. The number of nitrogens with one attached hydrogen (secondary N) is 1. The fourth-order valence-electron chi connectivity index (χ4n) is 3.54. The van der Waals surface area contributed by atoms with Crippen LogP contribution >= 0.6 is 46.1 Å². The zero-order valence-electron chi connectivity index (χ0n) is 18.2.